The molecule has 0 aromatic carbocycles. The number of ether oxygens (including phenoxy) is 1. The largest absolute Gasteiger partial charge is 0.378 e. The number of rotatable bonds is 4. The van der Waals surface area contributed by atoms with E-state index in [0.29, 0.717) is 13.2 Å². The minimum Gasteiger partial charge on any atom is -0.378 e. The van der Waals surface area contributed by atoms with Crippen molar-refractivity contribution in [1.29, 1.82) is 5.41 Å². The Bertz CT molecular complexity index is 242. The maximum atomic E-state index is 10.4. The maximum absolute atomic E-state index is 10.4. The van der Waals surface area contributed by atoms with E-state index >= 15 is 0 Å². The summed E-state index contributed by atoms with van der Waals surface area (Å²) in [6.07, 6.45) is 1.26. The van der Waals surface area contributed by atoms with Gasteiger partial charge in [-0.05, 0) is 6.92 Å². The van der Waals surface area contributed by atoms with Gasteiger partial charge >= 0.3 is 5.70 Å². The smallest absolute Gasteiger partial charge is 0.305 e. The molecule has 0 spiro atoms. The number of nitrogens with zero attached hydrogens (tertiary/aromatic N) is 1. The summed E-state index contributed by atoms with van der Waals surface area (Å²) in [5, 5.41) is 20.3. The van der Waals surface area contributed by atoms with Gasteiger partial charge in [0.05, 0.1) is 30.4 Å². The average Bonchev–Trinajstić information content (AvgIpc) is 1.92. The second-order valence-electron chi connectivity index (χ2n) is 2.81. The Balaban J connectivity index is 2.52. The standard InChI is InChI=1S/C7H11N3O3/c1-5(8)7(10(11)12)2-9-6-3-13-4-6/h2,6,8-9H,3-4H2,1H3/b7-2+,8-5?. The van der Waals surface area contributed by atoms with Crippen molar-refractivity contribution < 1.29 is 9.66 Å². The van der Waals surface area contributed by atoms with Crippen molar-refractivity contribution >= 4 is 5.71 Å². The number of nitrogens with one attached hydrogen (secondary N) is 2. The molecular formula is C7H11N3O3. The van der Waals surface area contributed by atoms with Crippen molar-refractivity contribution in [3.63, 3.8) is 0 Å². The average molecular weight is 185 g/mol. The van der Waals surface area contributed by atoms with Gasteiger partial charge < -0.3 is 10.1 Å². The summed E-state index contributed by atoms with van der Waals surface area (Å²) in [6, 6.07) is 0.147. The number of nitro groups is 1. The van der Waals surface area contributed by atoms with Crippen LogP contribution in [-0.4, -0.2) is 29.9 Å². The Hall–Kier alpha value is -1.43. The minimum atomic E-state index is -0.575. The van der Waals surface area contributed by atoms with Gasteiger partial charge in [0.2, 0.25) is 0 Å². The van der Waals surface area contributed by atoms with Crippen molar-refractivity contribution in [2.45, 2.75) is 13.0 Å². The molecule has 0 aromatic rings. The molecule has 0 aromatic heterocycles. The first-order valence-corrected chi connectivity index (χ1v) is 3.85. The predicted octanol–water partition coefficient (Wildman–Crippen LogP) is 0.133. The lowest BCUT2D eigenvalue weighted by Crippen LogP contribution is -2.43. The fourth-order valence-electron chi connectivity index (χ4n) is 0.827. The van der Waals surface area contributed by atoms with E-state index in [1.54, 1.807) is 0 Å². The molecule has 0 aliphatic carbocycles. The summed E-state index contributed by atoms with van der Waals surface area (Å²) in [4.78, 5) is 9.81. The van der Waals surface area contributed by atoms with Crippen molar-refractivity contribution in [2.24, 2.45) is 0 Å². The van der Waals surface area contributed by atoms with Crippen LogP contribution < -0.4 is 5.32 Å². The first kappa shape index (κ1) is 9.66. The quantitative estimate of drug-likeness (QED) is 0.370. The lowest BCUT2D eigenvalue weighted by atomic mass is 10.2. The van der Waals surface area contributed by atoms with Crippen LogP contribution in [0.25, 0.3) is 0 Å². The van der Waals surface area contributed by atoms with Crippen molar-refractivity contribution in [1.82, 2.24) is 5.32 Å². The SMILES string of the molecule is CC(=N)/C(=C\NC1COC1)[N+](=O)[O-]. The van der Waals surface area contributed by atoms with Crippen LogP contribution in [-0.2, 0) is 4.74 Å². The first-order chi connectivity index (χ1) is 6.11. The van der Waals surface area contributed by atoms with E-state index in [1.165, 1.54) is 13.1 Å². The Morgan fingerprint density at radius 3 is 2.69 bits per heavy atom. The normalized spacial score (nSPS) is 17.8. The molecule has 1 aliphatic rings. The lowest BCUT2D eigenvalue weighted by molar-refractivity contribution is -0.415. The van der Waals surface area contributed by atoms with Crippen molar-refractivity contribution in [3.8, 4) is 0 Å². The van der Waals surface area contributed by atoms with E-state index in [9.17, 15) is 10.1 Å². The Labute approximate surface area is 75.2 Å². The van der Waals surface area contributed by atoms with Crippen LogP contribution in [0.15, 0.2) is 11.9 Å². The zero-order valence-electron chi connectivity index (χ0n) is 7.24. The molecule has 6 heteroatoms. The van der Waals surface area contributed by atoms with Crippen LogP contribution in [0.3, 0.4) is 0 Å². The highest BCUT2D eigenvalue weighted by Gasteiger charge is 2.19. The molecule has 0 saturated carbocycles. The molecule has 1 heterocycles. The monoisotopic (exact) mass is 185 g/mol. The molecule has 0 radical (unpaired) electrons. The summed E-state index contributed by atoms with van der Waals surface area (Å²) >= 11 is 0. The van der Waals surface area contributed by atoms with Gasteiger partial charge in [-0.15, -0.1) is 0 Å². The van der Waals surface area contributed by atoms with Crippen molar-refractivity contribution in [2.75, 3.05) is 13.2 Å². The van der Waals surface area contributed by atoms with E-state index in [2.05, 4.69) is 5.32 Å². The highest BCUT2D eigenvalue weighted by atomic mass is 16.6. The summed E-state index contributed by atoms with van der Waals surface area (Å²) in [5.74, 6) is 0. The zero-order valence-corrected chi connectivity index (χ0v) is 7.24. The first-order valence-electron chi connectivity index (χ1n) is 3.85. The van der Waals surface area contributed by atoms with Crippen molar-refractivity contribution in [3.05, 3.63) is 22.0 Å². The number of allylic oxidation sites excluding steroid dienone is 1. The molecule has 13 heavy (non-hydrogen) atoms. The molecule has 1 fully saturated rings. The fourth-order valence-corrected chi connectivity index (χ4v) is 0.827. The summed E-state index contributed by atoms with van der Waals surface area (Å²) < 4.78 is 4.87. The van der Waals surface area contributed by atoms with Crippen LogP contribution in [0.5, 0.6) is 0 Å². The summed E-state index contributed by atoms with van der Waals surface area (Å²) in [5.41, 5.74) is -0.260. The highest BCUT2D eigenvalue weighted by Crippen LogP contribution is 2.01. The molecule has 6 nitrogen and oxygen atoms in total. The second kappa shape index (κ2) is 3.99. The van der Waals surface area contributed by atoms with E-state index in [0.717, 1.165) is 0 Å². The van der Waals surface area contributed by atoms with Crippen LogP contribution in [0, 0.1) is 15.5 Å². The van der Waals surface area contributed by atoms with E-state index in [1.807, 2.05) is 0 Å². The summed E-state index contributed by atoms with van der Waals surface area (Å²) in [7, 11) is 0. The van der Waals surface area contributed by atoms with Gasteiger partial charge in [0.15, 0.2) is 0 Å². The molecule has 2 N–H and O–H groups in total. The molecule has 1 aliphatic heterocycles. The van der Waals surface area contributed by atoms with Gasteiger partial charge in [-0.1, -0.05) is 0 Å². The van der Waals surface area contributed by atoms with Gasteiger partial charge in [0.1, 0.15) is 5.71 Å². The molecule has 0 unspecified atom stereocenters. The van der Waals surface area contributed by atoms with Gasteiger partial charge in [-0.25, -0.2) is 0 Å². The molecular weight excluding hydrogens is 174 g/mol. The third-order valence-electron chi connectivity index (χ3n) is 1.67. The molecule has 1 rings (SSSR count). The van der Waals surface area contributed by atoms with Gasteiger partial charge in [0.25, 0.3) is 0 Å². The van der Waals surface area contributed by atoms with Crippen LogP contribution in [0.1, 0.15) is 6.92 Å². The third-order valence-corrected chi connectivity index (χ3v) is 1.67. The van der Waals surface area contributed by atoms with Gasteiger partial charge in [-0.2, -0.15) is 0 Å². The zero-order chi connectivity index (χ0) is 9.84. The maximum Gasteiger partial charge on any atom is 0.305 e. The molecule has 72 valence electrons. The Morgan fingerprint density at radius 1 is 1.77 bits per heavy atom. The van der Waals surface area contributed by atoms with Crippen LogP contribution in [0.4, 0.5) is 0 Å². The lowest BCUT2D eigenvalue weighted by Gasteiger charge is -2.25. The van der Waals surface area contributed by atoms with E-state index in [-0.39, 0.29) is 17.5 Å². The number of hydrogen-bond acceptors (Lipinski definition) is 5. The topological polar surface area (TPSA) is 88.2 Å². The van der Waals surface area contributed by atoms with Crippen LogP contribution in [0.2, 0.25) is 0 Å². The summed E-state index contributed by atoms with van der Waals surface area (Å²) in [6.45, 7) is 2.52. The van der Waals surface area contributed by atoms with E-state index < -0.39 is 4.92 Å². The molecule has 1 saturated heterocycles. The van der Waals surface area contributed by atoms with Gasteiger partial charge in [0, 0.05) is 0 Å². The van der Waals surface area contributed by atoms with Crippen LogP contribution >= 0.6 is 0 Å². The second-order valence-corrected chi connectivity index (χ2v) is 2.81. The highest BCUT2D eigenvalue weighted by molar-refractivity contribution is 5.93. The third kappa shape index (κ3) is 2.51. The number of hydrogen-bond donors (Lipinski definition) is 2. The Kier molecular flexibility index (Phi) is 2.97. The Morgan fingerprint density at radius 2 is 2.38 bits per heavy atom. The van der Waals surface area contributed by atoms with Gasteiger partial charge in [-0.3, -0.25) is 15.5 Å². The fraction of sp³-hybridized carbons (Fsp3) is 0.571. The molecule has 0 amide bonds. The molecule has 0 atom stereocenters. The van der Waals surface area contributed by atoms with E-state index in [4.69, 9.17) is 10.1 Å². The predicted molar refractivity (Wildman–Crippen MR) is 46.2 cm³/mol. The molecule has 0 bridgehead atoms. The minimum absolute atomic E-state index is 0.0576.